The van der Waals surface area contributed by atoms with Gasteiger partial charge >= 0.3 is 0 Å². The molecule has 0 aliphatic carbocycles. The lowest BCUT2D eigenvalue weighted by Crippen LogP contribution is -2.11. The molecule has 2 heteroatoms. The maximum absolute atomic E-state index is 8.80. The Labute approximate surface area is 49.8 Å². The van der Waals surface area contributed by atoms with E-state index in [0.29, 0.717) is 12.2 Å². The summed E-state index contributed by atoms with van der Waals surface area (Å²) in [5.74, 6) is 0. The monoisotopic (exact) mass is 116 g/mol. The number of hydrogen-bond donors (Lipinski definition) is 1. The third kappa shape index (κ3) is 2.77. The summed E-state index contributed by atoms with van der Waals surface area (Å²) in [6.07, 6.45) is -0.778. The van der Waals surface area contributed by atoms with Crippen LogP contribution in [-0.2, 0) is 4.74 Å². The van der Waals surface area contributed by atoms with Crippen molar-refractivity contribution < 1.29 is 9.84 Å². The normalized spacial score (nSPS) is 13.4. The number of aliphatic hydroxyl groups is 1. The fraction of sp³-hybridized carbons (Fsp3) is 0.667. The molecule has 0 rings (SSSR count). The van der Waals surface area contributed by atoms with Gasteiger partial charge in [0, 0.05) is 6.61 Å². The molecule has 8 heavy (non-hydrogen) atoms. The predicted molar refractivity (Wildman–Crippen MR) is 32.4 cm³/mol. The summed E-state index contributed by atoms with van der Waals surface area (Å²) in [5.41, 5.74) is 0.645. The van der Waals surface area contributed by atoms with E-state index in [0.717, 1.165) is 0 Å². The van der Waals surface area contributed by atoms with Crippen LogP contribution in [0.2, 0.25) is 0 Å². The number of hydrogen-bond acceptors (Lipinski definition) is 2. The highest BCUT2D eigenvalue weighted by Gasteiger charge is 1.99. The molecule has 1 unspecified atom stereocenters. The van der Waals surface area contributed by atoms with Crippen molar-refractivity contribution in [2.24, 2.45) is 0 Å². The Hall–Kier alpha value is -0.340. The fourth-order valence-corrected chi connectivity index (χ4v) is 0.300. The van der Waals surface area contributed by atoms with Gasteiger partial charge in [-0.2, -0.15) is 0 Å². The highest BCUT2D eigenvalue weighted by molar-refractivity contribution is 4.91. The van der Waals surface area contributed by atoms with Crippen LogP contribution in [0.15, 0.2) is 12.2 Å². The second kappa shape index (κ2) is 3.64. The molecule has 0 saturated heterocycles. The largest absolute Gasteiger partial charge is 0.364 e. The molecule has 0 aromatic rings. The Morgan fingerprint density at radius 2 is 2.38 bits per heavy atom. The molecule has 0 spiro atoms. The minimum atomic E-state index is -0.778. The summed E-state index contributed by atoms with van der Waals surface area (Å²) in [7, 11) is 0. The van der Waals surface area contributed by atoms with Crippen molar-refractivity contribution >= 4 is 0 Å². The molecule has 0 aromatic carbocycles. The molecule has 1 atom stereocenters. The van der Waals surface area contributed by atoms with E-state index in [1.54, 1.807) is 6.92 Å². The molecule has 1 N–H and O–H groups in total. The fourth-order valence-electron chi connectivity index (χ4n) is 0.300. The van der Waals surface area contributed by atoms with Crippen LogP contribution < -0.4 is 0 Å². The van der Waals surface area contributed by atoms with Crippen LogP contribution in [0.1, 0.15) is 13.8 Å². The van der Waals surface area contributed by atoms with E-state index in [-0.39, 0.29) is 0 Å². The minimum Gasteiger partial charge on any atom is -0.364 e. The summed E-state index contributed by atoms with van der Waals surface area (Å²) in [4.78, 5) is 0. The van der Waals surface area contributed by atoms with Gasteiger partial charge in [0.1, 0.15) is 0 Å². The zero-order chi connectivity index (χ0) is 6.57. The first kappa shape index (κ1) is 7.66. The molecule has 0 radical (unpaired) electrons. The zero-order valence-electron chi connectivity index (χ0n) is 5.35. The third-order valence-electron chi connectivity index (χ3n) is 0.746. The van der Waals surface area contributed by atoms with Crippen LogP contribution in [0, 0.1) is 0 Å². The van der Waals surface area contributed by atoms with Crippen LogP contribution in [0.5, 0.6) is 0 Å². The topological polar surface area (TPSA) is 29.5 Å². The van der Waals surface area contributed by atoms with Crippen molar-refractivity contribution in [2.45, 2.75) is 20.1 Å². The molecule has 48 valence electrons. The SMILES string of the molecule is C=C(C)C(O)OCC. The second-order valence-electron chi connectivity index (χ2n) is 1.65. The van der Waals surface area contributed by atoms with Crippen LogP contribution in [-0.4, -0.2) is 18.0 Å². The van der Waals surface area contributed by atoms with E-state index in [4.69, 9.17) is 9.84 Å². The van der Waals surface area contributed by atoms with Crippen molar-refractivity contribution in [3.63, 3.8) is 0 Å². The average molecular weight is 116 g/mol. The molecular weight excluding hydrogens is 104 g/mol. The molecular formula is C6H12O2. The Morgan fingerprint density at radius 1 is 1.88 bits per heavy atom. The summed E-state index contributed by atoms with van der Waals surface area (Å²) in [6, 6.07) is 0. The van der Waals surface area contributed by atoms with E-state index in [1.807, 2.05) is 6.92 Å². The quantitative estimate of drug-likeness (QED) is 0.439. The van der Waals surface area contributed by atoms with Gasteiger partial charge in [0.2, 0.25) is 0 Å². The van der Waals surface area contributed by atoms with Gasteiger partial charge in [-0.3, -0.25) is 0 Å². The third-order valence-corrected chi connectivity index (χ3v) is 0.746. The first-order valence-electron chi connectivity index (χ1n) is 2.63. The van der Waals surface area contributed by atoms with Crippen LogP contribution in [0.4, 0.5) is 0 Å². The van der Waals surface area contributed by atoms with Gasteiger partial charge < -0.3 is 9.84 Å². The lowest BCUT2D eigenvalue weighted by Gasteiger charge is -2.07. The summed E-state index contributed by atoms with van der Waals surface area (Å²) in [5, 5.41) is 8.80. The first-order chi connectivity index (χ1) is 3.68. The molecule has 0 amide bonds. The number of rotatable bonds is 3. The highest BCUT2D eigenvalue weighted by atomic mass is 16.6. The molecule has 0 saturated carbocycles. The van der Waals surface area contributed by atoms with Gasteiger partial charge in [-0.05, 0) is 19.4 Å². The number of ether oxygens (including phenoxy) is 1. The second-order valence-corrected chi connectivity index (χ2v) is 1.65. The summed E-state index contributed by atoms with van der Waals surface area (Å²) < 4.78 is 4.76. The Balaban J connectivity index is 3.32. The van der Waals surface area contributed by atoms with Crippen molar-refractivity contribution in [1.82, 2.24) is 0 Å². The van der Waals surface area contributed by atoms with Crippen molar-refractivity contribution in [2.75, 3.05) is 6.61 Å². The Kier molecular flexibility index (Phi) is 3.48. The first-order valence-corrected chi connectivity index (χ1v) is 2.63. The Morgan fingerprint density at radius 3 is 2.50 bits per heavy atom. The van der Waals surface area contributed by atoms with Crippen molar-refractivity contribution in [1.29, 1.82) is 0 Å². The maximum atomic E-state index is 8.80. The van der Waals surface area contributed by atoms with E-state index in [2.05, 4.69) is 6.58 Å². The van der Waals surface area contributed by atoms with E-state index >= 15 is 0 Å². The zero-order valence-corrected chi connectivity index (χ0v) is 5.35. The molecule has 2 nitrogen and oxygen atoms in total. The standard InChI is InChI=1S/C6H12O2/c1-4-8-6(7)5(2)3/h6-7H,2,4H2,1,3H3. The average Bonchev–Trinajstić information content (AvgIpc) is 1.67. The molecule has 0 bridgehead atoms. The highest BCUT2D eigenvalue weighted by Crippen LogP contribution is 1.97. The molecule has 0 heterocycles. The maximum Gasteiger partial charge on any atom is 0.176 e. The van der Waals surface area contributed by atoms with E-state index in [9.17, 15) is 0 Å². The molecule has 0 aliphatic heterocycles. The minimum absolute atomic E-state index is 0.522. The lowest BCUT2D eigenvalue weighted by atomic mass is 10.3. The molecule has 0 aromatic heterocycles. The van der Waals surface area contributed by atoms with Crippen LogP contribution >= 0.6 is 0 Å². The van der Waals surface area contributed by atoms with Gasteiger partial charge in [-0.1, -0.05) is 6.58 Å². The predicted octanol–water partition coefficient (Wildman–Crippen LogP) is 0.917. The Bertz CT molecular complexity index is 78.6. The van der Waals surface area contributed by atoms with Crippen molar-refractivity contribution in [3.8, 4) is 0 Å². The summed E-state index contributed by atoms with van der Waals surface area (Å²) in [6.45, 7) is 7.57. The summed E-state index contributed by atoms with van der Waals surface area (Å²) >= 11 is 0. The van der Waals surface area contributed by atoms with Gasteiger partial charge in [-0.25, -0.2) is 0 Å². The van der Waals surface area contributed by atoms with Gasteiger partial charge in [-0.15, -0.1) is 0 Å². The lowest BCUT2D eigenvalue weighted by molar-refractivity contribution is -0.0666. The molecule has 0 aliphatic rings. The van der Waals surface area contributed by atoms with Crippen molar-refractivity contribution in [3.05, 3.63) is 12.2 Å². The van der Waals surface area contributed by atoms with E-state index in [1.165, 1.54) is 0 Å². The van der Waals surface area contributed by atoms with Gasteiger partial charge in [0.05, 0.1) is 0 Å². The van der Waals surface area contributed by atoms with Gasteiger partial charge in [0.25, 0.3) is 0 Å². The smallest absolute Gasteiger partial charge is 0.176 e. The number of aliphatic hydroxyl groups excluding tert-OH is 1. The van der Waals surface area contributed by atoms with Crippen LogP contribution in [0.25, 0.3) is 0 Å². The van der Waals surface area contributed by atoms with E-state index < -0.39 is 6.29 Å². The van der Waals surface area contributed by atoms with Gasteiger partial charge in [0.15, 0.2) is 6.29 Å². The molecule has 0 fully saturated rings. The van der Waals surface area contributed by atoms with Crippen LogP contribution in [0.3, 0.4) is 0 Å².